The van der Waals surface area contributed by atoms with Crippen molar-refractivity contribution >= 4 is 22.8 Å². The van der Waals surface area contributed by atoms with Crippen LogP contribution in [-0.2, 0) is 6.54 Å². The van der Waals surface area contributed by atoms with Crippen LogP contribution < -0.4 is 10.2 Å². The van der Waals surface area contributed by atoms with Gasteiger partial charge in [0.1, 0.15) is 5.65 Å². The average Bonchev–Trinajstić information content (AvgIpc) is 3.19. The molecule has 1 saturated heterocycles. The van der Waals surface area contributed by atoms with Crippen LogP contribution in [-0.4, -0.2) is 60.3 Å². The number of nitrogens with zero attached hydrogens (tertiary/aromatic N) is 4. The lowest BCUT2D eigenvalue weighted by Crippen LogP contribution is -2.57. The van der Waals surface area contributed by atoms with E-state index in [1.807, 2.05) is 20.2 Å². The fourth-order valence-corrected chi connectivity index (χ4v) is 4.67. The Hall–Kier alpha value is -2.63. The molecule has 0 spiro atoms. The number of anilines is 1. The van der Waals surface area contributed by atoms with Crippen LogP contribution in [0.25, 0.3) is 17.1 Å². The van der Waals surface area contributed by atoms with Crippen molar-refractivity contribution < 1.29 is 0 Å². The van der Waals surface area contributed by atoms with Crippen molar-refractivity contribution in [1.29, 1.82) is 0 Å². The highest BCUT2D eigenvalue weighted by molar-refractivity contribution is 5.80. The summed E-state index contributed by atoms with van der Waals surface area (Å²) in [5, 5.41) is 3.96. The Kier molecular flexibility index (Phi) is 8.70. The van der Waals surface area contributed by atoms with Crippen molar-refractivity contribution in [2.45, 2.75) is 46.3 Å². The molecule has 3 aromatic rings. The largest absolute Gasteiger partial charge is 0.367 e. The van der Waals surface area contributed by atoms with Crippen molar-refractivity contribution in [3.05, 3.63) is 66.5 Å². The summed E-state index contributed by atoms with van der Waals surface area (Å²) >= 11 is 0. The van der Waals surface area contributed by atoms with E-state index in [-0.39, 0.29) is 0 Å². The standard InChI is InChI=1S/C26H34N4.C2H7N/c1-6-22-7-9-23(10-8-22)18-28-12-11-24-13-25(14-27-26(24)28)29-16-20(4)30(15-19(2)3)21(5)17-29;1-3-2/h6-14,19-21H,1,15-18H2,2-5H3;3H,1-2H3. The summed E-state index contributed by atoms with van der Waals surface area (Å²) in [5.41, 5.74) is 4.70. The Morgan fingerprint density at radius 2 is 1.73 bits per heavy atom. The molecule has 0 bridgehead atoms. The third-order valence-corrected chi connectivity index (χ3v) is 6.20. The maximum absolute atomic E-state index is 4.86. The quantitative estimate of drug-likeness (QED) is 0.569. The van der Waals surface area contributed by atoms with E-state index in [0.29, 0.717) is 18.0 Å². The van der Waals surface area contributed by atoms with Gasteiger partial charge in [-0.05, 0) is 57.1 Å². The molecule has 5 nitrogen and oxygen atoms in total. The third kappa shape index (κ3) is 6.24. The summed E-state index contributed by atoms with van der Waals surface area (Å²) in [7, 11) is 3.75. The van der Waals surface area contributed by atoms with Crippen molar-refractivity contribution in [2.75, 3.05) is 38.6 Å². The number of fused-ring (bicyclic) bond motifs is 1. The molecule has 2 atom stereocenters. The Labute approximate surface area is 200 Å². The van der Waals surface area contributed by atoms with Gasteiger partial charge in [0.05, 0.1) is 11.9 Å². The van der Waals surface area contributed by atoms with Gasteiger partial charge in [-0.3, -0.25) is 4.90 Å². The van der Waals surface area contributed by atoms with Gasteiger partial charge in [-0.1, -0.05) is 50.8 Å². The molecule has 1 fully saturated rings. The normalized spacial score (nSPS) is 18.9. The van der Waals surface area contributed by atoms with E-state index in [0.717, 1.165) is 30.8 Å². The molecule has 0 saturated carbocycles. The lowest BCUT2D eigenvalue weighted by Gasteiger charge is -2.46. The Morgan fingerprint density at radius 1 is 1.09 bits per heavy atom. The predicted molar refractivity (Wildman–Crippen MR) is 143 cm³/mol. The fraction of sp³-hybridized carbons (Fsp3) is 0.464. The summed E-state index contributed by atoms with van der Waals surface area (Å²) in [6.45, 7) is 17.3. The minimum absolute atomic E-state index is 0.551. The number of aromatic nitrogens is 2. The number of rotatable bonds is 6. The second-order valence-electron chi connectivity index (χ2n) is 9.69. The van der Waals surface area contributed by atoms with Crippen LogP contribution in [0.3, 0.4) is 0 Å². The van der Waals surface area contributed by atoms with E-state index < -0.39 is 0 Å². The fourth-order valence-electron chi connectivity index (χ4n) is 4.67. The maximum Gasteiger partial charge on any atom is 0.140 e. The van der Waals surface area contributed by atoms with Gasteiger partial charge < -0.3 is 14.8 Å². The maximum atomic E-state index is 4.86. The van der Waals surface area contributed by atoms with Crippen LogP contribution in [0.2, 0.25) is 0 Å². The van der Waals surface area contributed by atoms with Gasteiger partial charge in [0.15, 0.2) is 0 Å². The van der Waals surface area contributed by atoms with Crippen LogP contribution in [0.1, 0.15) is 38.8 Å². The second kappa shape index (κ2) is 11.5. The summed E-state index contributed by atoms with van der Waals surface area (Å²) in [4.78, 5) is 10.0. The van der Waals surface area contributed by atoms with Crippen LogP contribution in [0.4, 0.5) is 5.69 Å². The molecule has 1 N–H and O–H groups in total. The van der Waals surface area contributed by atoms with Crippen LogP contribution in [0.15, 0.2) is 55.4 Å². The van der Waals surface area contributed by atoms with Crippen LogP contribution in [0.5, 0.6) is 0 Å². The van der Waals surface area contributed by atoms with Crippen LogP contribution in [0, 0.1) is 5.92 Å². The van der Waals surface area contributed by atoms with Crippen molar-refractivity contribution in [2.24, 2.45) is 5.92 Å². The number of hydrogen-bond acceptors (Lipinski definition) is 4. The molecular formula is C28H41N5. The van der Waals surface area contributed by atoms with Crippen molar-refractivity contribution in [3.63, 3.8) is 0 Å². The first kappa shape index (κ1) is 25.0. The summed E-state index contributed by atoms with van der Waals surface area (Å²) < 4.78 is 2.23. The Morgan fingerprint density at radius 3 is 2.30 bits per heavy atom. The minimum Gasteiger partial charge on any atom is -0.367 e. The van der Waals surface area contributed by atoms with Gasteiger partial charge in [-0.2, -0.15) is 0 Å². The molecule has 33 heavy (non-hydrogen) atoms. The first-order chi connectivity index (χ1) is 15.9. The molecule has 3 heterocycles. The minimum atomic E-state index is 0.551. The summed E-state index contributed by atoms with van der Waals surface area (Å²) in [6, 6.07) is 14.1. The number of nitrogens with one attached hydrogen (secondary N) is 1. The molecule has 2 aromatic heterocycles. The lowest BCUT2D eigenvalue weighted by molar-refractivity contribution is 0.116. The van der Waals surface area contributed by atoms with Crippen LogP contribution >= 0.6 is 0 Å². The molecule has 1 aliphatic heterocycles. The summed E-state index contributed by atoms with van der Waals surface area (Å²) in [6.07, 6.45) is 6.08. The highest BCUT2D eigenvalue weighted by Crippen LogP contribution is 2.26. The number of piperazine rings is 1. The van der Waals surface area contributed by atoms with Gasteiger partial charge in [0.2, 0.25) is 0 Å². The molecule has 0 radical (unpaired) electrons. The van der Waals surface area contributed by atoms with Gasteiger partial charge in [-0.15, -0.1) is 0 Å². The SMILES string of the molecule is C=Cc1ccc(Cn2ccc3cc(N4CC(C)N(CC(C)C)C(C)C4)cnc32)cc1.CNC. The van der Waals surface area contributed by atoms with E-state index in [9.17, 15) is 0 Å². The Bertz CT molecular complexity index is 1010. The highest BCUT2D eigenvalue weighted by Gasteiger charge is 2.30. The summed E-state index contributed by atoms with van der Waals surface area (Å²) in [5.74, 6) is 0.701. The van der Waals surface area contributed by atoms with Gasteiger partial charge >= 0.3 is 0 Å². The monoisotopic (exact) mass is 447 g/mol. The van der Waals surface area contributed by atoms with Crippen molar-refractivity contribution in [3.8, 4) is 0 Å². The topological polar surface area (TPSA) is 36.3 Å². The second-order valence-corrected chi connectivity index (χ2v) is 9.69. The molecule has 4 rings (SSSR count). The van der Waals surface area contributed by atoms with Gasteiger partial charge in [-0.25, -0.2) is 4.98 Å². The Balaban J connectivity index is 0.000000968. The molecule has 1 aromatic carbocycles. The third-order valence-electron chi connectivity index (χ3n) is 6.20. The lowest BCUT2D eigenvalue weighted by atomic mass is 10.0. The van der Waals surface area contributed by atoms with E-state index in [1.165, 1.54) is 23.2 Å². The van der Waals surface area contributed by atoms with Gasteiger partial charge in [0, 0.05) is 49.8 Å². The molecule has 1 aliphatic rings. The number of pyridine rings is 1. The number of hydrogen-bond donors (Lipinski definition) is 1. The molecule has 2 unspecified atom stereocenters. The van der Waals surface area contributed by atoms with E-state index >= 15 is 0 Å². The van der Waals surface area contributed by atoms with Crippen molar-refractivity contribution in [1.82, 2.24) is 19.8 Å². The zero-order valence-corrected chi connectivity index (χ0v) is 21.3. The molecule has 0 amide bonds. The zero-order chi connectivity index (χ0) is 24.0. The smallest absolute Gasteiger partial charge is 0.140 e. The first-order valence-corrected chi connectivity index (χ1v) is 12.1. The van der Waals surface area contributed by atoms with E-state index in [2.05, 4.69) is 103 Å². The molecule has 5 heteroatoms. The molecule has 178 valence electrons. The predicted octanol–water partition coefficient (Wildman–Crippen LogP) is 5.12. The van der Waals surface area contributed by atoms with E-state index in [4.69, 9.17) is 4.98 Å². The number of benzene rings is 1. The van der Waals surface area contributed by atoms with Gasteiger partial charge in [0.25, 0.3) is 0 Å². The molecule has 0 aliphatic carbocycles. The average molecular weight is 448 g/mol. The highest BCUT2D eigenvalue weighted by atomic mass is 15.3. The first-order valence-electron chi connectivity index (χ1n) is 12.1. The zero-order valence-electron chi connectivity index (χ0n) is 21.3. The molecular weight excluding hydrogens is 406 g/mol. The van der Waals surface area contributed by atoms with E-state index in [1.54, 1.807) is 0 Å².